The van der Waals surface area contributed by atoms with Crippen molar-refractivity contribution >= 4 is 32.3 Å². The van der Waals surface area contributed by atoms with Crippen LogP contribution in [0.2, 0.25) is 0 Å². The fraction of sp³-hybridized carbons (Fsp3) is 0.209. The van der Waals surface area contributed by atoms with Gasteiger partial charge in [0.05, 0.1) is 20.5 Å². The van der Waals surface area contributed by atoms with Crippen molar-refractivity contribution in [3.63, 3.8) is 0 Å². The average molecular weight is 587 g/mol. The van der Waals surface area contributed by atoms with E-state index in [1.54, 1.807) is 0 Å². The lowest BCUT2D eigenvalue weighted by atomic mass is 9.86. The van der Waals surface area contributed by atoms with Crippen LogP contribution in [0.25, 0.3) is 54.8 Å². The highest BCUT2D eigenvalue weighted by atomic mass is 15.4. The van der Waals surface area contributed by atoms with Crippen molar-refractivity contribution < 1.29 is 9.35 Å². The minimum absolute atomic E-state index is 0.0281. The lowest BCUT2D eigenvalue weighted by Crippen LogP contribution is -2.68. The standard InChI is InChI=1S/C43H42N2/c1-28(2)31-20-19-29(3)37(25-31)42-26-32(43(5,6)7)21-23-45(42)44-22-13-12-18-41(44)38-27-40-36-17-11-9-15-34(36)33-14-8-10-16-35(33)39(40)24-30(38)4/h8-28H,1-7H3/q+2. The van der Waals surface area contributed by atoms with Crippen molar-refractivity contribution in [2.45, 2.75) is 59.8 Å². The first kappa shape index (κ1) is 28.9. The maximum atomic E-state index is 2.42. The zero-order valence-corrected chi connectivity index (χ0v) is 27.5. The average Bonchev–Trinajstić information content (AvgIpc) is 3.04. The van der Waals surface area contributed by atoms with E-state index in [0.717, 1.165) is 5.69 Å². The molecule has 2 nitrogen and oxygen atoms in total. The Balaban J connectivity index is 1.52. The topological polar surface area (TPSA) is 7.76 Å². The summed E-state index contributed by atoms with van der Waals surface area (Å²) in [5.41, 5.74) is 10.1. The number of benzene rings is 5. The third-order valence-corrected chi connectivity index (χ3v) is 9.44. The van der Waals surface area contributed by atoms with Gasteiger partial charge >= 0.3 is 0 Å². The Morgan fingerprint density at radius 2 is 1.04 bits per heavy atom. The van der Waals surface area contributed by atoms with Crippen molar-refractivity contribution in [2.24, 2.45) is 0 Å². The molecule has 5 aromatic carbocycles. The second kappa shape index (κ2) is 11.0. The monoisotopic (exact) mass is 586 g/mol. The molecular formula is C43H42N2+2. The summed E-state index contributed by atoms with van der Waals surface area (Å²) in [6, 6.07) is 40.6. The van der Waals surface area contributed by atoms with Gasteiger partial charge in [0.25, 0.3) is 11.4 Å². The third kappa shape index (κ3) is 4.99. The van der Waals surface area contributed by atoms with Crippen LogP contribution in [-0.4, -0.2) is 0 Å². The van der Waals surface area contributed by atoms with Gasteiger partial charge in [-0.1, -0.05) is 95.3 Å². The summed E-state index contributed by atoms with van der Waals surface area (Å²) in [5, 5.41) is 7.79. The summed E-state index contributed by atoms with van der Waals surface area (Å²) >= 11 is 0. The highest BCUT2D eigenvalue weighted by molar-refractivity contribution is 6.25. The van der Waals surface area contributed by atoms with E-state index >= 15 is 0 Å². The first-order chi connectivity index (χ1) is 21.6. The minimum atomic E-state index is 0.0281. The fourth-order valence-electron chi connectivity index (χ4n) is 6.79. The van der Waals surface area contributed by atoms with Gasteiger partial charge in [-0.15, -0.1) is 0 Å². The van der Waals surface area contributed by atoms with Crippen molar-refractivity contribution in [1.82, 2.24) is 0 Å². The quantitative estimate of drug-likeness (QED) is 0.143. The van der Waals surface area contributed by atoms with Gasteiger partial charge in [-0.05, 0) is 104 Å². The zero-order valence-electron chi connectivity index (χ0n) is 27.5. The van der Waals surface area contributed by atoms with E-state index in [9.17, 15) is 0 Å². The molecule has 0 aliphatic heterocycles. The van der Waals surface area contributed by atoms with Gasteiger partial charge in [0.1, 0.15) is 0 Å². The molecule has 2 aromatic heterocycles. The van der Waals surface area contributed by atoms with E-state index in [1.807, 2.05) is 0 Å². The second-order valence-electron chi connectivity index (χ2n) is 13.9. The zero-order chi connectivity index (χ0) is 31.5. The molecule has 0 saturated carbocycles. The van der Waals surface area contributed by atoms with Gasteiger partial charge < -0.3 is 0 Å². The number of aromatic nitrogens is 2. The normalized spacial score (nSPS) is 12.1. The molecule has 0 fully saturated rings. The molecule has 0 unspecified atom stereocenters. The molecule has 0 radical (unpaired) electrons. The van der Waals surface area contributed by atoms with Gasteiger partial charge in [-0.3, -0.25) is 0 Å². The SMILES string of the molecule is Cc1ccc(C(C)C)cc1-c1cc(C(C)(C)C)cc[n+]1-[n+]1ccccc1-c1cc2c3ccccc3c3ccccc3c2cc1C. The molecule has 222 valence electrons. The van der Waals surface area contributed by atoms with Crippen LogP contribution in [0, 0.1) is 13.8 Å². The molecule has 0 amide bonds. The molecule has 2 heteroatoms. The number of aryl methyl sites for hydroxylation is 2. The van der Waals surface area contributed by atoms with Crippen LogP contribution in [0.3, 0.4) is 0 Å². The summed E-state index contributed by atoms with van der Waals surface area (Å²) in [6.45, 7) is 15.9. The van der Waals surface area contributed by atoms with Crippen molar-refractivity contribution in [2.75, 3.05) is 0 Å². The van der Waals surface area contributed by atoms with Crippen LogP contribution >= 0.6 is 0 Å². The Bertz CT molecular complexity index is 2250. The summed E-state index contributed by atoms with van der Waals surface area (Å²) in [6.07, 6.45) is 4.44. The van der Waals surface area contributed by atoms with Crippen molar-refractivity contribution in [3.05, 3.63) is 144 Å². The third-order valence-electron chi connectivity index (χ3n) is 9.44. The first-order valence-electron chi connectivity index (χ1n) is 16.1. The van der Waals surface area contributed by atoms with Gasteiger partial charge in [0, 0.05) is 24.3 Å². The molecule has 0 bridgehead atoms. The van der Waals surface area contributed by atoms with E-state index in [0.29, 0.717) is 5.92 Å². The van der Waals surface area contributed by atoms with Crippen molar-refractivity contribution in [1.29, 1.82) is 0 Å². The van der Waals surface area contributed by atoms with Gasteiger partial charge in [-0.2, -0.15) is 0 Å². The molecular weight excluding hydrogens is 544 g/mol. The smallest absolute Gasteiger partial charge is 0.0616 e. The van der Waals surface area contributed by atoms with Gasteiger partial charge in [0.15, 0.2) is 0 Å². The van der Waals surface area contributed by atoms with E-state index in [1.165, 1.54) is 71.4 Å². The Labute approximate surface area is 267 Å². The number of hydrogen-bond donors (Lipinski definition) is 0. The van der Waals surface area contributed by atoms with E-state index in [-0.39, 0.29) is 5.41 Å². The number of hydrogen-bond acceptors (Lipinski definition) is 0. The van der Waals surface area contributed by atoms with E-state index in [4.69, 9.17) is 0 Å². The number of nitrogens with zero attached hydrogens (tertiary/aromatic N) is 2. The molecule has 0 aliphatic carbocycles. The lowest BCUT2D eigenvalue weighted by Gasteiger charge is -2.19. The second-order valence-corrected chi connectivity index (χ2v) is 13.9. The van der Waals surface area contributed by atoms with Gasteiger partial charge in [0.2, 0.25) is 12.4 Å². The van der Waals surface area contributed by atoms with E-state index in [2.05, 4.69) is 179 Å². The maximum Gasteiger partial charge on any atom is 0.284 e. The molecule has 0 aliphatic rings. The molecule has 0 N–H and O–H groups in total. The summed E-state index contributed by atoms with van der Waals surface area (Å²) in [4.78, 5) is 0. The van der Waals surface area contributed by atoms with Crippen LogP contribution in [0.4, 0.5) is 0 Å². The van der Waals surface area contributed by atoms with Crippen LogP contribution in [0.1, 0.15) is 62.8 Å². The fourth-order valence-corrected chi connectivity index (χ4v) is 6.79. The highest BCUT2D eigenvalue weighted by Gasteiger charge is 2.31. The number of rotatable bonds is 4. The summed E-state index contributed by atoms with van der Waals surface area (Å²) in [7, 11) is 0. The van der Waals surface area contributed by atoms with Crippen LogP contribution < -0.4 is 9.35 Å². The maximum absolute atomic E-state index is 2.42. The molecule has 45 heavy (non-hydrogen) atoms. The van der Waals surface area contributed by atoms with Crippen LogP contribution in [-0.2, 0) is 5.41 Å². The molecule has 2 heterocycles. The molecule has 0 saturated heterocycles. The number of fused-ring (bicyclic) bond motifs is 6. The molecule has 7 rings (SSSR count). The summed E-state index contributed by atoms with van der Waals surface area (Å²) in [5.74, 6) is 0.453. The minimum Gasteiger partial charge on any atom is -0.0616 e. The predicted molar refractivity (Wildman–Crippen MR) is 190 cm³/mol. The van der Waals surface area contributed by atoms with E-state index < -0.39 is 0 Å². The predicted octanol–water partition coefficient (Wildman–Crippen LogP) is 10.4. The highest BCUT2D eigenvalue weighted by Crippen LogP contribution is 2.38. The first-order valence-corrected chi connectivity index (χ1v) is 16.1. The Hall–Kier alpha value is -4.82. The van der Waals surface area contributed by atoms with Crippen LogP contribution in [0.15, 0.2) is 122 Å². The number of pyridine rings is 2. The Kier molecular flexibility index (Phi) is 7.05. The Morgan fingerprint density at radius 1 is 0.489 bits per heavy atom. The Morgan fingerprint density at radius 3 is 1.67 bits per heavy atom. The van der Waals surface area contributed by atoms with Crippen LogP contribution in [0.5, 0.6) is 0 Å². The molecule has 0 spiro atoms. The summed E-state index contributed by atoms with van der Waals surface area (Å²) < 4.78 is 4.65. The lowest BCUT2D eigenvalue weighted by molar-refractivity contribution is -1.29. The van der Waals surface area contributed by atoms with Crippen molar-refractivity contribution in [3.8, 4) is 22.5 Å². The largest absolute Gasteiger partial charge is 0.284 e. The van der Waals surface area contributed by atoms with Gasteiger partial charge in [-0.25, -0.2) is 0 Å². The molecule has 7 aromatic rings. The molecule has 0 atom stereocenters.